The van der Waals surface area contributed by atoms with E-state index in [1.165, 1.54) is 0 Å². The first kappa shape index (κ1) is 9.78. The Labute approximate surface area is 78.5 Å². The van der Waals surface area contributed by atoms with E-state index in [1.54, 1.807) is 26.0 Å². The SMILES string of the molecule is [CH2]c1ccc(OC(=O)C(C)C)cc1. The van der Waals surface area contributed by atoms with Gasteiger partial charge >= 0.3 is 5.97 Å². The van der Waals surface area contributed by atoms with Gasteiger partial charge in [-0.15, -0.1) is 0 Å². The van der Waals surface area contributed by atoms with Crippen molar-refractivity contribution in [2.75, 3.05) is 0 Å². The lowest BCUT2D eigenvalue weighted by Crippen LogP contribution is -2.14. The molecule has 1 radical (unpaired) electrons. The Balaban J connectivity index is 2.65. The van der Waals surface area contributed by atoms with Gasteiger partial charge in [0.2, 0.25) is 0 Å². The number of carbonyl (C=O) groups excluding carboxylic acids is 1. The van der Waals surface area contributed by atoms with Gasteiger partial charge < -0.3 is 4.74 Å². The van der Waals surface area contributed by atoms with Crippen LogP contribution in [0.2, 0.25) is 0 Å². The average molecular weight is 177 g/mol. The maximum absolute atomic E-state index is 11.2. The van der Waals surface area contributed by atoms with Gasteiger partial charge in [0.25, 0.3) is 0 Å². The highest BCUT2D eigenvalue weighted by Gasteiger charge is 2.08. The molecule has 0 unspecified atom stereocenters. The molecule has 1 aromatic carbocycles. The molecule has 0 aliphatic rings. The van der Waals surface area contributed by atoms with Crippen molar-refractivity contribution in [1.82, 2.24) is 0 Å². The topological polar surface area (TPSA) is 26.3 Å². The quantitative estimate of drug-likeness (QED) is 0.512. The van der Waals surface area contributed by atoms with E-state index in [2.05, 4.69) is 6.92 Å². The third-order valence-electron chi connectivity index (χ3n) is 1.61. The monoisotopic (exact) mass is 177 g/mol. The Bertz CT molecular complexity index is 285. The van der Waals surface area contributed by atoms with Crippen LogP contribution in [0.3, 0.4) is 0 Å². The molecular formula is C11H13O2. The largest absolute Gasteiger partial charge is 0.426 e. The summed E-state index contributed by atoms with van der Waals surface area (Å²) in [6.07, 6.45) is 0. The number of rotatable bonds is 2. The zero-order valence-electron chi connectivity index (χ0n) is 7.91. The van der Waals surface area contributed by atoms with Crippen LogP contribution >= 0.6 is 0 Å². The standard InChI is InChI=1S/C11H13O2/c1-8(2)11(12)13-10-6-4-9(3)5-7-10/h4-8H,3H2,1-2H3. The molecule has 0 saturated carbocycles. The van der Waals surface area contributed by atoms with Crippen LogP contribution in [-0.2, 0) is 4.79 Å². The molecule has 69 valence electrons. The second kappa shape index (κ2) is 4.08. The molecule has 13 heavy (non-hydrogen) atoms. The van der Waals surface area contributed by atoms with E-state index in [0.29, 0.717) is 5.75 Å². The van der Waals surface area contributed by atoms with Gasteiger partial charge in [0.1, 0.15) is 5.75 Å². The van der Waals surface area contributed by atoms with E-state index < -0.39 is 0 Å². The maximum atomic E-state index is 11.2. The average Bonchev–Trinajstić information content (AvgIpc) is 2.08. The Morgan fingerprint density at radius 2 is 1.85 bits per heavy atom. The van der Waals surface area contributed by atoms with Crippen molar-refractivity contribution >= 4 is 5.97 Å². The van der Waals surface area contributed by atoms with E-state index in [0.717, 1.165) is 5.56 Å². The van der Waals surface area contributed by atoms with Crippen molar-refractivity contribution in [2.45, 2.75) is 13.8 Å². The zero-order chi connectivity index (χ0) is 9.84. The third kappa shape index (κ3) is 2.90. The Kier molecular flexibility index (Phi) is 3.07. The minimum Gasteiger partial charge on any atom is -0.426 e. The molecule has 0 aromatic heterocycles. The first-order valence-electron chi connectivity index (χ1n) is 4.23. The van der Waals surface area contributed by atoms with Crippen LogP contribution in [0.5, 0.6) is 5.75 Å². The molecule has 0 atom stereocenters. The van der Waals surface area contributed by atoms with Gasteiger partial charge in [0.05, 0.1) is 5.92 Å². The summed E-state index contributed by atoms with van der Waals surface area (Å²) in [5, 5.41) is 0. The molecule has 0 amide bonds. The van der Waals surface area contributed by atoms with Crippen LogP contribution in [0.1, 0.15) is 19.4 Å². The molecule has 1 rings (SSSR count). The number of benzene rings is 1. The van der Waals surface area contributed by atoms with Crippen molar-refractivity contribution in [3.63, 3.8) is 0 Å². The fraction of sp³-hybridized carbons (Fsp3) is 0.273. The highest BCUT2D eigenvalue weighted by molar-refractivity contribution is 5.74. The van der Waals surface area contributed by atoms with E-state index >= 15 is 0 Å². The summed E-state index contributed by atoms with van der Waals surface area (Å²) in [7, 11) is 0. The van der Waals surface area contributed by atoms with E-state index in [-0.39, 0.29) is 11.9 Å². The van der Waals surface area contributed by atoms with Crippen LogP contribution in [0, 0.1) is 12.8 Å². The van der Waals surface area contributed by atoms with Crippen LogP contribution in [0.25, 0.3) is 0 Å². The number of esters is 1. The lowest BCUT2D eigenvalue weighted by atomic mass is 10.2. The molecule has 0 aliphatic heterocycles. The second-order valence-corrected chi connectivity index (χ2v) is 3.22. The molecule has 1 aromatic rings. The molecule has 0 saturated heterocycles. The van der Waals surface area contributed by atoms with Crippen molar-refractivity contribution in [1.29, 1.82) is 0 Å². The highest BCUT2D eigenvalue weighted by Crippen LogP contribution is 2.12. The smallest absolute Gasteiger partial charge is 0.313 e. The summed E-state index contributed by atoms with van der Waals surface area (Å²) in [4.78, 5) is 11.2. The lowest BCUT2D eigenvalue weighted by molar-refractivity contribution is -0.137. The molecule has 0 bridgehead atoms. The number of ether oxygens (including phenoxy) is 1. The van der Waals surface area contributed by atoms with Gasteiger partial charge in [0.15, 0.2) is 0 Å². The fourth-order valence-electron chi connectivity index (χ4n) is 0.792. The van der Waals surface area contributed by atoms with Crippen molar-refractivity contribution in [2.24, 2.45) is 5.92 Å². The predicted molar refractivity (Wildman–Crippen MR) is 51.4 cm³/mol. The van der Waals surface area contributed by atoms with Crippen LogP contribution in [-0.4, -0.2) is 5.97 Å². The third-order valence-corrected chi connectivity index (χ3v) is 1.61. The predicted octanol–water partition coefficient (Wildman–Crippen LogP) is 2.43. The first-order chi connectivity index (χ1) is 6.09. The van der Waals surface area contributed by atoms with Crippen LogP contribution in [0.15, 0.2) is 24.3 Å². The minimum absolute atomic E-state index is 0.0978. The summed E-state index contributed by atoms with van der Waals surface area (Å²) in [6, 6.07) is 7.09. The second-order valence-electron chi connectivity index (χ2n) is 3.22. The van der Waals surface area contributed by atoms with Gasteiger partial charge in [0, 0.05) is 0 Å². The Morgan fingerprint density at radius 3 is 2.31 bits per heavy atom. The molecule has 2 nitrogen and oxygen atoms in total. The molecule has 0 fully saturated rings. The van der Waals surface area contributed by atoms with Crippen LogP contribution < -0.4 is 4.74 Å². The highest BCUT2D eigenvalue weighted by atomic mass is 16.5. The number of hydrogen-bond donors (Lipinski definition) is 0. The summed E-state index contributed by atoms with van der Waals surface area (Å²) >= 11 is 0. The number of carbonyl (C=O) groups is 1. The van der Waals surface area contributed by atoms with Gasteiger partial charge in [-0.2, -0.15) is 0 Å². The minimum atomic E-state index is -0.211. The molecule has 0 aliphatic carbocycles. The van der Waals surface area contributed by atoms with Crippen molar-refractivity contribution < 1.29 is 9.53 Å². The summed E-state index contributed by atoms with van der Waals surface area (Å²) in [6.45, 7) is 7.34. The molecular weight excluding hydrogens is 164 g/mol. The van der Waals surface area contributed by atoms with Gasteiger partial charge in [-0.3, -0.25) is 4.79 Å². The number of hydrogen-bond acceptors (Lipinski definition) is 2. The normalized spacial score (nSPS) is 10.2. The van der Waals surface area contributed by atoms with Crippen LogP contribution in [0.4, 0.5) is 0 Å². The van der Waals surface area contributed by atoms with E-state index in [4.69, 9.17) is 4.74 Å². The van der Waals surface area contributed by atoms with Crippen molar-refractivity contribution in [3.8, 4) is 5.75 Å². The van der Waals surface area contributed by atoms with E-state index in [1.807, 2.05) is 12.1 Å². The maximum Gasteiger partial charge on any atom is 0.313 e. The molecule has 2 heteroatoms. The summed E-state index contributed by atoms with van der Waals surface area (Å²) in [5.74, 6) is 0.266. The van der Waals surface area contributed by atoms with E-state index in [9.17, 15) is 4.79 Å². The first-order valence-corrected chi connectivity index (χ1v) is 4.23. The van der Waals surface area contributed by atoms with Crippen molar-refractivity contribution in [3.05, 3.63) is 36.8 Å². The summed E-state index contributed by atoms with van der Waals surface area (Å²) in [5.41, 5.74) is 0.907. The fourth-order valence-corrected chi connectivity index (χ4v) is 0.792. The summed E-state index contributed by atoms with van der Waals surface area (Å²) < 4.78 is 5.06. The van der Waals surface area contributed by atoms with Gasteiger partial charge in [-0.25, -0.2) is 0 Å². The molecule has 0 N–H and O–H groups in total. The molecule has 0 heterocycles. The Hall–Kier alpha value is -1.31. The van der Waals surface area contributed by atoms with Gasteiger partial charge in [-0.05, 0) is 24.6 Å². The van der Waals surface area contributed by atoms with Gasteiger partial charge in [-0.1, -0.05) is 26.0 Å². The lowest BCUT2D eigenvalue weighted by Gasteiger charge is -2.06. The zero-order valence-corrected chi connectivity index (χ0v) is 7.91. The molecule has 0 spiro atoms. The Morgan fingerprint density at radius 1 is 1.31 bits per heavy atom.